The van der Waals surface area contributed by atoms with E-state index in [1.807, 2.05) is 6.07 Å². The Hall–Kier alpha value is -2.10. The molecule has 100 valence electrons. The highest BCUT2D eigenvalue weighted by atomic mass is 19.1. The molecule has 0 spiro atoms. The fraction of sp³-hybridized carbons (Fsp3) is 0.267. The van der Waals surface area contributed by atoms with Gasteiger partial charge in [0.2, 0.25) is 0 Å². The van der Waals surface area contributed by atoms with Crippen molar-refractivity contribution in [2.24, 2.45) is 0 Å². The Morgan fingerprint density at radius 3 is 2.89 bits per heavy atom. The average Bonchev–Trinajstić information content (AvgIpc) is 2.81. The largest absolute Gasteiger partial charge is 0.469 e. The minimum Gasteiger partial charge on any atom is -0.469 e. The summed E-state index contributed by atoms with van der Waals surface area (Å²) in [4.78, 5) is 11.8. The highest BCUT2D eigenvalue weighted by molar-refractivity contribution is 5.94. The quantitative estimate of drug-likeness (QED) is 0.840. The van der Waals surface area contributed by atoms with E-state index in [4.69, 9.17) is 4.42 Å². The topological polar surface area (TPSA) is 42.2 Å². The SMILES string of the molecule is Cc1occc1C(=O)NCCCc1cccc(F)c1. The van der Waals surface area contributed by atoms with Gasteiger partial charge in [-0.1, -0.05) is 12.1 Å². The molecule has 0 aliphatic rings. The number of benzene rings is 1. The summed E-state index contributed by atoms with van der Waals surface area (Å²) < 4.78 is 18.0. The van der Waals surface area contributed by atoms with E-state index in [2.05, 4.69) is 5.32 Å². The van der Waals surface area contributed by atoms with E-state index in [1.54, 1.807) is 19.1 Å². The second-order valence-corrected chi connectivity index (χ2v) is 4.38. The molecular formula is C15H16FNO2. The molecule has 0 saturated heterocycles. The third kappa shape index (κ3) is 3.68. The van der Waals surface area contributed by atoms with Gasteiger partial charge in [0.15, 0.2) is 0 Å². The lowest BCUT2D eigenvalue weighted by atomic mass is 10.1. The molecule has 0 fully saturated rings. The number of furan rings is 1. The predicted molar refractivity (Wildman–Crippen MR) is 70.5 cm³/mol. The molecule has 1 N–H and O–H groups in total. The third-order valence-electron chi connectivity index (χ3n) is 2.92. The summed E-state index contributed by atoms with van der Waals surface area (Å²) in [5, 5.41) is 2.82. The zero-order valence-corrected chi connectivity index (χ0v) is 10.8. The summed E-state index contributed by atoms with van der Waals surface area (Å²) in [7, 11) is 0. The normalized spacial score (nSPS) is 10.4. The third-order valence-corrected chi connectivity index (χ3v) is 2.92. The summed E-state index contributed by atoms with van der Waals surface area (Å²) in [6.07, 6.45) is 3.01. The van der Waals surface area contributed by atoms with Crippen molar-refractivity contribution in [3.05, 3.63) is 59.3 Å². The van der Waals surface area contributed by atoms with Gasteiger partial charge in [-0.05, 0) is 43.5 Å². The van der Waals surface area contributed by atoms with Crippen molar-refractivity contribution in [1.82, 2.24) is 5.32 Å². The Labute approximate surface area is 111 Å². The molecule has 4 heteroatoms. The monoisotopic (exact) mass is 261 g/mol. The van der Waals surface area contributed by atoms with Gasteiger partial charge in [0.25, 0.3) is 5.91 Å². The van der Waals surface area contributed by atoms with Crippen molar-refractivity contribution >= 4 is 5.91 Å². The van der Waals surface area contributed by atoms with Crippen LogP contribution in [-0.4, -0.2) is 12.5 Å². The van der Waals surface area contributed by atoms with Crippen LogP contribution in [0.1, 0.15) is 28.1 Å². The summed E-state index contributed by atoms with van der Waals surface area (Å²) in [6, 6.07) is 8.16. The summed E-state index contributed by atoms with van der Waals surface area (Å²) >= 11 is 0. The highest BCUT2D eigenvalue weighted by Crippen LogP contribution is 2.09. The van der Waals surface area contributed by atoms with Gasteiger partial charge in [0, 0.05) is 6.54 Å². The van der Waals surface area contributed by atoms with E-state index in [0.717, 1.165) is 18.4 Å². The van der Waals surface area contributed by atoms with Crippen LogP contribution in [0.25, 0.3) is 0 Å². The van der Waals surface area contributed by atoms with Crippen molar-refractivity contribution in [3.8, 4) is 0 Å². The van der Waals surface area contributed by atoms with Gasteiger partial charge in [-0.3, -0.25) is 4.79 Å². The lowest BCUT2D eigenvalue weighted by Gasteiger charge is -2.04. The molecular weight excluding hydrogens is 245 g/mol. The molecule has 3 nitrogen and oxygen atoms in total. The molecule has 1 aromatic carbocycles. The maximum absolute atomic E-state index is 13.0. The first kappa shape index (κ1) is 13.3. The van der Waals surface area contributed by atoms with Crippen molar-refractivity contribution in [3.63, 3.8) is 0 Å². The van der Waals surface area contributed by atoms with E-state index in [9.17, 15) is 9.18 Å². The first-order valence-electron chi connectivity index (χ1n) is 6.23. The minimum atomic E-state index is -0.226. The molecule has 0 aliphatic carbocycles. The summed E-state index contributed by atoms with van der Waals surface area (Å²) in [5.74, 6) is 0.253. The number of carbonyl (C=O) groups excluding carboxylic acids is 1. The van der Waals surface area contributed by atoms with E-state index < -0.39 is 0 Å². The van der Waals surface area contributed by atoms with E-state index in [-0.39, 0.29) is 11.7 Å². The molecule has 2 aromatic rings. The molecule has 1 amide bonds. The maximum atomic E-state index is 13.0. The molecule has 0 aliphatic heterocycles. The predicted octanol–water partition coefficient (Wildman–Crippen LogP) is 3.09. The summed E-state index contributed by atoms with van der Waals surface area (Å²) in [5.41, 5.74) is 1.50. The zero-order valence-electron chi connectivity index (χ0n) is 10.8. The van der Waals surface area contributed by atoms with Crippen LogP contribution in [0.2, 0.25) is 0 Å². The first-order valence-corrected chi connectivity index (χ1v) is 6.23. The van der Waals surface area contributed by atoms with Crippen LogP contribution in [0.15, 0.2) is 41.0 Å². The van der Waals surface area contributed by atoms with E-state index in [1.165, 1.54) is 18.4 Å². The van der Waals surface area contributed by atoms with Crippen molar-refractivity contribution in [2.45, 2.75) is 19.8 Å². The Morgan fingerprint density at radius 1 is 1.37 bits per heavy atom. The number of aryl methyl sites for hydroxylation is 2. The van der Waals surface area contributed by atoms with E-state index in [0.29, 0.717) is 17.9 Å². The van der Waals surface area contributed by atoms with Gasteiger partial charge in [-0.15, -0.1) is 0 Å². The number of nitrogens with one attached hydrogen (secondary N) is 1. The van der Waals surface area contributed by atoms with Gasteiger partial charge < -0.3 is 9.73 Å². The lowest BCUT2D eigenvalue weighted by molar-refractivity contribution is 0.0951. The van der Waals surface area contributed by atoms with Gasteiger partial charge >= 0.3 is 0 Å². The summed E-state index contributed by atoms with van der Waals surface area (Å²) in [6.45, 7) is 2.31. The lowest BCUT2D eigenvalue weighted by Crippen LogP contribution is -2.24. The first-order chi connectivity index (χ1) is 9.16. The molecule has 0 bridgehead atoms. The van der Waals surface area contributed by atoms with Gasteiger partial charge in [0.1, 0.15) is 11.6 Å². The molecule has 1 heterocycles. The minimum absolute atomic E-state index is 0.134. The van der Waals surface area contributed by atoms with Gasteiger partial charge in [-0.25, -0.2) is 4.39 Å². The number of hydrogen-bond donors (Lipinski definition) is 1. The fourth-order valence-corrected chi connectivity index (χ4v) is 1.90. The average molecular weight is 261 g/mol. The van der Waals surface area contributed by atoms with Crippen LogP contribution in [0.5, 0.6) is 0 Å². The Balaban J connectivity index is 1.75. The molecule has 0 atom stereocenters. The number of carbonyl (C=O) groups is 1. The Morgan fingerprint density at radius 2 is 2.21 bits per heavy atom. The van der Waals surface area contributed by atoms with Crippen molar-refractivity contribution < 1.29 is 13.6 Å². The second-order valence-electron chi connectivity index (χ2n) is 4.38. The van der Waals surface area contributed by atoms with Crippen LogP contribution in [0.4, 0.5) is 4.39 Å². The van der Waals surface area contributed by atoms with Crippen LogP contribution >= 0.6 is 0 Å². The van der Waals surface area contributed by atoms with Gasteiger partial charge in [0.05, 0.1) is 11.8 Å². The van der Waals surface area contributed by atoms with Crippen LogP contribution in [-0.2, 0) is 6.42 Å². The fourth-order valence-electron chi connectivity index (χ4n) is 1.90. The van der Waals surface area contributed by atoms with Gasteiger partial charge in [-0.2, -0.15) is 0 Å². The molecule has 0 radical (unpaired) electrons. The maximum Gasteiger partial charge on any atom is 0.254 e. The van der Waals surface area contributed by atoms with Crippen molar-refractivity contribution in [1.29, 1.82) is 0 Å². The van der Waals surface area contributed by atoms with Crippen LogP contribution in [0, 0.1) is 12.7 Å². The smallest absolute Gasteiger partial charge is 0.254 e. The van der Waals surface area contributed by atoms with Crippen LogP contribution < -0.4 is 5.32 Å². The standard InChI is InChI=1S/C15H16FNO2/c1-11-14(7-9-19-11)15(18)17-8-3-5-12-4-2-6-13(16)10-12/h2,4,6-7,9-10H,3,5,8H2,1H3,(H,17,18). The number of amides is 1. The molecule has 19 heavy (non-hydrogen) atoms. The number of hydrogen-bond acceptors (Lipinski definition) is 2. The molecule has 2 rings (SSSR count). The zero-order chi connectivity index (χ0) is 13.7. The van der Waals surface area contributed by atoms with Crippen LogP contribution in [0.3, 0.4) is 0 Å². The van der Waals surface area contributed by atoms with E-state index >= 15 is 0 Å². The molecule has 1 aromatic heterocycles. The highest BCUT2D eigenvalue weighted by Gasteiger charge is 2.10. The Kier molecular flexibility index (Phi) is 4.34. The van der Waals surface area contributed by atoms with Crippen molar-refractivity contribution in [2.75, 3.05) is 6.54 Å². The number of rotatable bonds is 5. The molecule has 0 saturated carbocycles. The second kappa shape index (κ2) is 6.18. The Bertz CT molecular complexity index is 563. The number of halogens is 1. The molecule has 0 unspecified atom stereocenters.